The average Bonchev–Trinajstić information content (AvgIpc) is 2.70. The van der Waals surface area contributed by atoms with Crippen molar-refractivity contribution in [3.8, 4) is 0 Å². The predicted octanol–water partition coefficient (Wildman–Crippen LogP) is 4.98. The molecule has 6 heteroatoms. The lowest BCUT2D eigenvalue weighted by Gasteiger charge is -2.10. The van der Waals surface area contributed by atoms with Crippen molar-refractivity contribution in [1.82, 2.24) is 0 Å². The van der Waals surface area contributed by atoms with E-state index in [-0.39, 0.29) is 10.8 Å². The number of anilines is 2. The molecular formula is C24H26N2O3S. The molecule has 3 rings (SSSR count). The van der Waals surface area contributed by atoms with Gasteiger partial charge in [-0.25, -0.2) is 8.42 Å². The van der Waals surface area contributed by atoms with Crippen LogP contribution in [0, 0.1) is 20.8 Å². The van der Waals surface area contributed by atoms with Crippen molar-refractivity contribution >= 4 is 27.3 Å². The summed E-state index contributed by atoms with van der Waals surface area (Å²) in [6, 6.07) is 19.7. The molecule has 0 saturated carbocycles. The highest BCUT2D eigenvalue weighted by Crippen LogP contribution is 2.19. The summed E-state index contributed by atoms with van der Waals surface area (Å²) >= 11 is 0. The molecule has 0 unspecified atom stereocenters. The van der Waals surface area contributed by atoms with Gasteiger partial charge in [0.05, 0.1) is 4.90 Å². The van der Waals surface area contributed by atoms with Crippen LogP contribution in [0.4, 0.5) is 11.4 Å². The predicted molar refractivity (Wildman–Crippen MR) is 121 cm³/mol. The van der Waals surface area contributed by atoms with Crippen LogP contribution in [0.1, 0.15) is 28.7 Å². The third kappa shape index (κ3) is 5.70. The van der Waals surface area contributed by atoms with Crippen LogP contribution in [0.15, 0.2) is 71.6 Å². The van der Waals surface area contributed by atoms with Gasteiger partial charge in [0.15, 0.2) is 0 Å². The highest BCUT2D eigenvalue weighted by molar-refractivity contribution is 7.92. The first-order valence-corrected chi connectivity index (χ1v) is 11.3. The van der Waals surface area contributed by atoms with E-state index in [0.717, 1.165) is 27.9 Å². The van der Waals surface area contributed by atoms with E-state index in [4.69, 9.17) is 0 Å². The molecule has 0 aliphatic carbocycles. The summed E-state index contributed by atoms with van der Waals surface area (Å²) in [4.78, 5) is 12.4. The molecule has 156 valence electrons. The standard InChI is InChI=1S/C24H26N2O3S/c1-17-4-10-21(11-5-17)26-30(28,29)22-12-7-20(8-13-22)9-15-24(27)25-23-14-6-18(2)16-19(23)3/h4-8,10-14,16,26H,9,15H2,1-3H3,(H,25,27). The van der Waals surface area contributed by atoms with Crippen LogP contribution in [-0.2, 0) is 21.2 Å². The van der Waals surface area contributed by atoms with Crippen LogP contribution in [-0.4, -0.2) is 14.3 Å². The highest BCUT2D eigenvalue weighted by Gasteiger charge is 2.14. The molecular weight excluding hydrogens is 396 g/mol. The Hall–Kier alpha value is -3.12. The van der Waals surface area contributed by atoms with Crippen LogP contribution in [0.2, 0.25) is 0 Å². The number of sulfonamides is 1. The zero-order valence-electron chi connectivity index (χ0n) is 17.4. The third-order valence-corrected chi connectivity index (χ3v) is 6.23. The Morgan fingerprint density at radius 3 is 2.10 bits per heavy atom. The first-order chi connectivity index (χ1) is 14.2. The Labute approximate surface area is 178 Å². The fraction of sp³-hybridized carbons (Fsp3) is 0.208. The molecule has 0 saturated heterocycles. The number of hydrogen-bond acceptors (Lipinski definition) is 3. The van der Waals surface area contributed by atoms with E-state index in [0.29, 0.717) is 18.5 Å². The topological polar surface area (TPSA) is 75.3 Å². The summed E-state index contributed by atoms with van der Waals surface area (Å²) in [5.74, 6) is -0.0697. The molecule has 0 bridgehead atoms. The monoisotopic (exact) mass is 422 g/mol. The zero-order chi connectivity index (χ0) is 21.7. The lowest BCUT2D eigenvalue weighted by atomic mass is 10.1. The molecule has 30 heavy (non-hydrogen) atoms. The maximum Gasteiger partial charge on any atom is 0.261 e. The molecule has 0 aromatic heterocycles. The fourth-order valence-electron chi connectivity index (χ4n) is 3.10. The van der Waals surface area contributed by atoms with Crippen LogP contribution in [0.5, 0.6) is 0 Å². The molecule has 2 N–H and O–H groups in total. The molecule has 3 aromatic carbocycles. The van der Waals surface area contributed by atoms with E-state index >= 15 is 0 Å². The van der Waals surface area contributed by atoms with Crippen molar-refractivity contribution in [3.63, 3.8) is 0 Å². The molecule has 0 heterocycles. The van der Waals surface area contributed by atoms with Gasteiger partial charge in [-0.05, 0) is 68.7 Å². The van der Waals surface area contributed by atoms with Gasteiger partial charge in [0.2, 0.25) is 5.91 Å². The van der Waals surface area contributed by atoms with Crippen LogP contribution < -0.4 is 10.0 Å². The van der Waals surface area contributed by atoms with E-state index in [2.05, 4.69) is 10.0 Å². The molecule has 5 nitrogen and oxygen atoms in total. The van der Waals surface area contributed by atoms with E-state index in [9.17, 15) is 13.2 Å². The quantitative estimate of drug-likeness (QED) is 0.564. The minimum atomic E-state index is -3.65. The first kappa shape index (κ1) is 21.6. The normalized spacial score (nSPS) is 11.2. The van der Waals surface area contributed by atoms with Crippen LogP contribution >= 0.6 is 0 Å². The lowest BCUT2D eigenvalue weighted by molar-refractivity contribution is -0.116. The Bertz CT molecular complexity index is 1140. The molecule has 0 spiro atoms. The third-order valence-electron chi connectivity index (χ3n) is 4.83. The van der Waals surface area contributed by atoms with Crippen molar-refractivity contribution in [1.29, 1.82) is 0 Å². The second kappa shape index (κ2) is 9.13. The van der Waals surface area contributed by atoms with Gasteiger partial charge in [-0.3, -0.25) is 9.52 Å². The van der Waals surface area contributed by atoms with Crippen molar-refractivity contribution in [2.45, 2.75) is 38.5 Å². The first-order valence-electron chi connectivity index (χ1n) is 9.78. The number of carbonyl (C=O) groups excluding carboxylic acids is 1. The van der Waals surface area contributed by atoms with Gasteiger partial charge in [-0.2, -0.15) is 0 Å². The van der Waals surface area contributed by atoms with E-state index in [1.54, 1.807) is 36.4 Å². The smallest absolute Gasteiger partial charge is 0.261 e. The zero-order valence-corrected chi connectivity index (χ0v) is 18.2. The maximum atomic E-state index is 12.5. The number of rotatable bonds is 7. The van der Waals surface area contributed by atoms with E-state index in [1.165, 1.54) is 0 Å². The minimum Gasteiger partial charge on any atom is -0.326 e. The van der Waals surface area contributed by atoms with E-state index in [1.807, 2.05) is 51.1 Å². The van der Waals surface area contributed by atoms with Gasteiger partial charge in [0.25, 0.3) is 10.0 Å². The van der Waals surface area contributed by atoms with Gasteiger partial charge in [0.1, 0.15) is 0 Å². The number of amides is 1. The van der Waals surface area contributed by atoms with Gasteiger partial charge < -0.3 is 5.32 Å². The highest BCUT2D eigenvalue weighted by atomic mass is 32.2. The number of benzene rings is 3. The molecule has 1 amide bonds. The van der Waals surface area contributed by atoms with Gasteiger partial charge in [0, 0.05) is 17.8 Å². The largest absolute Gasteiger partial charge is 0.326 e. The van der Waals surface area contributed by atoms with Crippen molar-refractivity contribution in [3.05, 3.63) is 89.0 Å². The minimum absolute atomic E-state index is 0.0697. The summed E-state index contributed by atoms with van der Waals surface area (Å²) in [7, 11) is -3.65. The molecule has 0 radical (unpaired) electrons. The Kier molecular flexibility index (Phi) is 6.57. The van der Waals surface area contributed by atoms with Crippen LogP contribution in [0.25, 0.3) is 0 Å². The summed E-state index contributed by atoms with van der Waals surface area (Å²) in [5, 5.41) is 2.93. The van der Waals surface area contributed by atoms with Crippen LogP contribution in [0.3, 0.4) is 0 Å². The number of aryl methyl sites for hydroxylation is 4. The number of hydrogen-bond donors (Lipinski definition) is 2. The maximum absolute atomic E-state index is 12.5. The Morgan fingerprint density at radius 2 is 1.47 bits per heavy atom. The van der Waals surface area contributed by atoms with Gasteiger partial charge in [-0.1, -0.05) is 47.5 Å². The summed E-state index contributed by atoms with van der Waals surface area (Å²) in [6.45, 7) is 5.92. The molecule has 0 fully saturated rings. The summed E-state index contributed by atoms with van der Waals surface area (Å²) in [6.07, 6.45) is 0.851. The molecule has 0 aliphatic rings. The van der Waals surface area contributed by atoms with E-state index < -0.39 is 10.0 Å². The van der Waals surface area contributed by atoms with Crippen molar-refractivity contribution < 1.29 is 13.2 Å². The fourth-order valence-corrected chi connectivity index (χ4v) is 4.15. The van der Waals surface area contributed by atoms with Gasteiger partial charge >= 0.3 is 0 Å². The molecule has 0 aliphatic heterocycles. The second-order valence-corrected chi connectivity index (χ2v) is 9.16. The Morgan fingerprint density at radius 1 is 0.833 bits per heavy atom. The molecule has 0 atom stereocenters. The average molecular weight is 423 g/mol. The SMILES string of the molecule is Cc1ccc(NS(=O)(=O)c2ccc(CCC(=O)Nc3ccc(C)cc3C)cc2)cc1. The second-order valence-electron chi connectivity index (χ2n) is 7.48. The van der Waals surface area contributed by atoms with Crippen molar-refractivity contribution in [2.75, 3.05) is 10.0 Å². The summed E-state index contributed by atoms with van der Waals surface area (Å²) in [5.41, 5.74) is 5.47. The number of carbonyl (C=O) groups is 1. The summed E-state index contributed by atoms with van der Waals surface area (Å²) < 4.78 is 27.7. The number of nitrogens with one attached hydrogen (secondary N) is 2. The Balaban J connectivity index is 1.58. The lowest BCUT2D eigenvalue weighted by Crippen LogP contribution is -2.14. The van der Waals surface area contributed by atoms with Crippen molar-refractivity contribution in [2.24, 2.45) is 0 Å². The van der Waals surface area contributed by atoms with Gasteiger partial charge in [-0.15, -0.1) is 0 Å². The molecule has 3 aromatic rings.